The first-order valence-corrected chi connectivity index (χ1v) is 9.95. The molecule has 136 valence electrons. The second-order valence-corrected chi connectivity index (χ2v) is 8.52. The maximum Gasteiger partial charge on any atom is 0.209 e. The summed E-state index contributed by atoms with van der Waals surface area (Å²) in [4.78, 5) is 6.62. The molecule has 0 fully saturated rings. The summed E-state index contributed by atoms with van der Waals surface area (Å²) in [5.74, 6) is 0.751. The average molecular weight is 355 g/mol. The van der Waals surface area contributed by atoms with E-state index in [0.29, 0.717) is 6.54 Å². The third-order valence-electron chi connectivity index (χ3n) is 3.32. The smallest absolute Gasteiger partial charge is 0.209 e. The minimum Gasteiger partial charge on any atom is -0.357 e. The lowest BCUT2D eigenvalue weighted by molar-refractivity contribution is 0.446. The highest BCUT2D eigenvalue weighted by Crippen LogP contribution is 2.08. The summed E-state index contributed by atoms with van der Waals surface area (Å²) >= 11 is 0. The van der Waals surface area contributed by atoms with E-state index in [4.69, 9.17) is 0 Å². The number of hydrogen-bond acceptors (Lipinski definition) is 3. The predicted octanol–water partition coefficient (Wildman–Crippen LogP) is 1.72. The van der Waals surface area contributed by atoms with Crippen molar-refractivity contribution in [3.8, 4) is 0 Å². The average Bonchev–Trinajstić information content (AvgIpc) is 2.43. The summed E-state index contributed by atoms with van der Waals surface area (Å²) in [6, 6.07) is 8.38. The second kappa shape index (κ2) is 8.48. The van der Waals surface area contributed by atoms with Crippen LogP contribution in [0, 0.1) is 6.92 Å². The first-order chi connectivity index (χ1) is 11.0. The van der Waals surface area contributed by atoms with Crippen LogP contribution in [0.3, 0.4) is 0 Å². The highest BCUT2D eigenvalue weighted by atomic mass is 32.2. The molecule has 2 N–H and O–H groups in total. The number of aryl methyl sites for hydroxylation is 1. The normalized spacial score (nSPS) is 13.0. The van der Waals surface area contributed by atoms with E-state index in [1.165, 1.54) is 11.1 Å². The van der Waals surface area contributed by atoms with Crippen LogP contribution in [0.15, 0.2) is 29.3 Å². The first kappa shape index (κ1) is 20.4. The Bertz CT molecular complexity index is 652. The Balaban J connectivity index is 2.82. The lowest BCUT2D eigenvalue weighted by Crippen LogP contribution is -2.46. The predicted molar refractivity (Wildman–Crippen MR) is 101 cm³/mol. The van der Waals surface area contributed by atoms with Gasteiger partial charge in [-0.15, -0.1) is 0 Å². The number of hydrogen-bond donors (Lipinski definition) is 2. The Labute approximate surface area is 146 Å². The molecule has 0 unspecified atom stereocenters. The molecule has 0 saturated carbocycles. The van der Waals surface area contributed by atoms with Crippen molar-refractivity contribution in [3.05, 3.63) is 35.4 Å². The largest absolute Gasteiger partial charge is 0.357 e. The number of aliphatic imine (C=N–C) groups is 1. The summed E-state index contributed by atoms with van der Waals surface area (Å²) < 4.78 is 25.5. The first-order valence-electron chi connectivity index (χ1n) is 8.06. The molecular formula is C17H30N4O2S. The molecule has 0 radical (unpaired) electrons. The maximum absolute atomic E-state index is 11.4. The molecule has 0 heterocycles. The third-order valence-corrected chi connectivity index (χ3v) is 4.25. The minimum atomic E-state index is -3.27. The topological polar surface area (TPSA) is 73.8 Å². The van der Waals surface area contributed by atoms with Crippen LogP contribution < -0.4 is 10.0 Å². The molecule has 0 atom stereocenters. The van der Waals surface area contributed by atoms with Crippen molar-refractivity contribution < 1.29 is 8.42 Å². The fourth-order valence-corrected chi connectivity index (χ4v) is 3.39. The third kappa shape index (κ3) is 7.79. The van der Waals surface area contributed by atoms with Gasteiger partial charge in [0.15, 0.2) is 5.96 Å². The van der Waals surface area contributed by atoms with Crippen molar-refractivity contribution in [2.75, 3.05) is 26.4 Å². The van der Waals surface area contributed by atoms with Gasteiger partial charge in [-0.1, -0.05) is 29.8 Å². The molecular weight excluding hydrogens is 324 g/mol. The summed E-state index contributed by atoms with van der Waals surface area (Å²) in [7, 11) is -1.30. The molecule has 1 aromatic carbocycles. The van der Waals surface area contributed by atoms with Gasteiger partial charge in [-0.2, -0.15) is 0 Å². The highest BCUT2D eigenvalue weighted by molar-refractivity contribution is 7.88. The minimum absolute atomic E-state index is 0.348. The Morgan fingerprint density at radius 1 is 1.25 bits per heavy atom. The second-order valence-electron chi connectivity index (χ2n) is 6.77. The molecule has 1 rings (SSSR count). The van der Waals surface area contributed by atoms with Crippen LogP contribution >= 0.6 is 0 Å². The summed E-state index contributed by atoms with van der Waals surface area (Å²) in [6.45, 7) is 9.54. The molecule has 0 aliphatic carbocycles. The highest BCUT2D eigenvalue weighted by Gasteiger charge is 2.22. The lowest BCUT2D eigenvalue weighted by atomic mass is 10.1. The molecule has 6 nitrogen and oxygen atoms in total. The molecule has 24 heavy (non-hydrogen) atoms. The monoisotopic (exact) mass is 354 g/mol. The Morgan fingerprint density at radius 3 is 2.33 bits per heavy atom. The van der Waals surface area contributed by atoms with E-state index in [1.54, 1.807) is 0 Å². The van der Waals surface area contributed by atoms with Gasteiger partial charge in [0.1, 0.15) is 0 Å². The molecule has 0 aromatic heterocycles. The van der Waals surface area contributed by atoms with Gasteiger partial charge in [0.25, 0.3) is 0 Å². The van der Waals surface area contributed by atoms with E-state index in [9.17, 15) is 8.42 Å². The van der Waals surface area contributed by atoms with Crippen LogP contribution in [0.4, 0.5) is 0 Å². The number of benzene rings is 1. The Morgan fingerprint density at radius 2 is 1.83 bits per heavy atom. The van der Waals surface area contributed by atoms with Crippen LogP contribution in [-0.2, 0) is 16.6 Å². The zero-order valence-electron chi connectivity index (χ0n) is 15.5. The van der Waals surface area contributed by atoms with Gasteiger partial charge in [-0.05, 0) is 33.3 Å². The zero-order valence-corrected chi connectivity index (χ0v) is 16.4. The summed E-state index contributed by atoms with van der Waals surface area (Å²) in [5.41, 5.74) is 1.79. The van der Waals surface area contributed by atoms with Crippen LogP contribution in [0.5, 0.6) is 0 Å². The number of nitrogens with zero attached hydrogens (tertiary/aromatic N) is 2. The van der Waals surface area contributed by atoms with Gasteiger partial charge in [-0.25, -0.2) is 13.1 Å². The Kier molecular flexibility index (Phi) is 7.23. The summed E-state index contributed by atoms with van der Waals surface area (Å²) in [5, 5.41) is 3.25. The fraction of sp³-hybridized carbons (Fsp3) is 0.588. The van der Waals surface area contributed by atoms with Gasteiger partial charge in [0.2, 0.25) is 10.0 Å². The van der Waals surface area contributed by atoms with E-state index in [-0.39, 0.29) is 0 Å². The van der Waals surface area contributed by atoms with Crippen molar-refractivity contribution in [1.82, 2.24) is 14.9 Å². The van der Waals surface area contributed by atoms with Crippen molar-refractivity contribution in [3.63, 3.8) is 0 Å². The molecule has 7 heteroatoms. The zero-order chi connectivity index (χ0) is 18.4. The lowest BCUT2D eigenvalue weighted by Gasteiger charge is -2.26. The SMILES string of the molecule is CCNC(=NCC(C)(C)NS(C)(=O)=O)N(C)Cc1ccc(C)cc1. The van der Waals surface area contributed by atoms with Crippen LogP contribution in [-0.4, -0.2) is 51.2 Å². The molecule has 1 aromatic rings. The maximum atomic E-state index is 11.4. The van der Waals surface area contributed by atoms with Crippen LogP contribution in [0.1, 0.15) is 31.9 Å². The van der Waals surface area contributed by atoms with E-state index in [0.717, 1.165) is 25.3 Å². The molecule has 0 aliphatic rings. The van der Waals surface area contributed by atoms with Crippen LogP contribution in [0.25, 0.3) is 0 Å². The standard InChI is InChI=1S/C17H30N4O2S/c1-7-18-16(19-13-17(3,4)20-24(6,22)23)21(5)12-15-10-8-14(2)9-11-15/h8-11,20H,7,12-13H2,1-6H3,(H,18,19). The van der Waals surface area contributed by atoms with Crippen molar-refractivity contribution in [2.24, 2.45) is 4.99 Å². The number of guanidine groups is 1. The van der Waals surface area contributed by atoms with Crippen LogP contribution in [0.2, 0.25) is 0 Å². The van der Waals surface area contributed by atoms with E-state index < -0.39 is 15.6 Å². The number of nitrogens with one attached hydrogen (secondary N) is 2. The molecule has 0 aliphatic heterocycles. The van der Waals surface area contributed by atoms with Crippen molar-refractivity contribution in [2.45, 2.75) is 39.8 Å². The van der Waals surface area contributed by atoms with Crippen molar-refractivity contribution >= 4 is 16.0 Å². The number of rotatable bonds is 7. The molecule has 0 amide bonds. The van der Waals surface area contributed by atoms with Crippen molar-refractivity contribution in [1.29, 1.82) is 0 Å². The van der Waals surface area contributed by atoms with Gasteiger partial charge < -0.3 is 10.2 Å². The van der Waals surface area contributed by atoms with Gasteiger partial charge in [0.05, 0.1) is 12.8 Å². The van der Waals surface area contributed by atoms with Gasteiger partial charge >= 0.3 is 0 Å². The van der Waals surface area contributed by atoms with E-state index >= 15 is 0 Å². The molecule has 0 bridgehead atoms. The fourth-order valence-electron chi connectivity index (χ4n) is 2.32. The van der Waals surface area contributed by atoms with Gasteiger partial charge in [0, 0.05) is 25.7 Å². The van der Waals surface area contributed by atoms with E-state index in [1.807, 2.05) is 32.7 Å². The Hall–Kier alpha value is -1.60. The summed E-state index contributed by atoms with van der Waals surface area (Å²) in [6.07, 6.45) is 1.16. The van der Waals surface area contributed by atoms with Gasteiger partial charge in [-0.3, -0.25) is 4.99 Å². The molecule has 0 spiro atoms. The quantitative estimate of drug-likeness (QED) is 0.578. The van der Waals surface area contributed by atoms with E-state index in [2.05, 4.69) is 46.2 Å². The number of sulfonamides is 1. The molecule has 0 saturated heterocycles.